The van der Waals surface area contributed by atoms with Crippen LogP contribution in [-0.2, 0) is 0 Å². The standard InChI is InChI=1S/C17H22N4O2/c1-10-8-6-7-9-13(10)23-12(3)15-14(16(22)21(4)5)11(2)19-17(18)20-15/h6-9,12H,1-5H3,(H2,18,19,20). The van der Waals surface area contributed by atoms with E-state index in [4.69, 9.17) is 10.5 Å². The summed E-state index contributed by atoms with van der Waals surface area (Å²) in [4.78, 5) is 22.3. The lowest BCUT2D eigenvalue weighted by molar-refractivity contribution is 0.0820. The second-order valence-electron chi connectivity index (χ2n) is 5.65. The third-order valence-corrected chi connectivity index (χ3v) is 3.54. The summed E-state index contributed by atoms with van der Waals surface area (Å²) in [6.07, 6.45) is -0.431. The Labute approximate surface area is 136 Å². The summed E-state index contributed by atoms with van der Waals surface area (Å²) >= 11 is 0. The third kappa shape index (κ3) is 3.59. The first-order chi connectivity index (χ1) is 10.8. The van der Waals surface area contributed by atoms with E-state index in [0.717, 1.165) is 11.3 Å². The Bertz CT molecular complexity index is 729. The molecule has 2 N–H and O–H groups in total. The molecule has 1 unspecified atom stereocenters. The van der Waals surface area contributed by atoms with Gasteiger partial charge in [0, 0.05) is 14.1 Å². The fraction of sp³-hybridized carbons (Fsp3) is 0.353. The molecule has 0 spiro atoms. The topological polar surface area (TPSA) is 81.3 Å². The van der Waals surface area contributed by atoms with Gasteiger partial charge in [0.1, 0.15) is 11.9 Å². The fourth-order valence-corrected chi connectivity index (χ4v) is 2.33. The Hall–Kier alpha value is -2.63. The van der Waals surface area contributed by atoms with Crippen LogP contribution < -0.4 is 10.5 Å². The van der Waals surface area contributed by atoms with E-state index in [9.17, 15) is 4.79 Å². The largest absolute Gasteiger partial charge is 0.484 e. The van der Waals surface area contributed by atoms with Crippen LogP contribution in [0.15, 0.2) is 24.3 Å². The van der Waals surface area contributed by atoms with E-state index in [-0.39, 0.29) is 11.9 Å². The normalized spacial score (nSPS) is 11.9. The summed E-state index contributed by atoms with van der Waals surface area (Å²) in [7, 11) is 3.38. The lowest BCUT2D eigenvalue weighted by Gasteiger charge is -2.21. The summed E-state index contributed by atoms with van der Waals surface area (Å²) < 4.78 is 6.00. The zero-order chi connectivity index (χ0) is 17.1. The highest BCUT2D eigenvalue weighted by atomic mass is 16.5. The van der Waals surface area contributed by atoms with Gasteiger partial charge in [-0.25, -0.2) is 9.97 Å². The number of aromatic nitrogens is 2. The molecule has 0 aliphatic carbocycles. The van der Waals surface area contributed by atoms with Crippen LogP contribution in [0.25, 0.3) is 0 Å². The second kappa shape index (κ2) is 6.64. The molecule has 0 aliphatic rings. The molecular weight excluding hydrogens is 292 g/mol. The van der Waals surface area contributed by atoms with Gasteiger partial charge in [-0.05, 0) is 32.4 Å². The Balaban J connectivity index is 2.45. The van der Waals surface area contributed by atoms with Gasteiger partial charge < -0.3 is 15.4 Å². The molecule has 122 valence electrons. The second-order valence-corrected chi connectivity index (χ2v) is 5.65. The number of nitrogen functional groups attached to an aromatic ring is 1. The van der Waals surface area contributed by atoms with Crippen LogP contribution in [0.3, 0.4) is 0 Å². The molecule has 1 heterocycles. The van der Waals surface area contributed by atoms with E-state index >= 15 is 0 Å². The molecule has 0 saturated heterocycles. The van der Waals surface area contributed by atoms with Gasteiger partial charge in [0.05, 0.1) is 17.0 Å². The summed E-state index contributed by atoms with van der Waals surface area (Å²) in [5.74, 6) is 0.712. The number of carbonyl (C=O) groups excluding carboxylic acids is 1. The van der Waals surface area contributed by atoms with Crippen molar-refractivity contribution < 1.29 is 9.53 Å². The summed E-state index contributed by atoms with van der Waals surface area (Å²) in [6.45, 7) is 5.56. The molecular formula is C17H22N4O2. The quantitative estimate of drug-likeness (QED) is 0.937. The number of amides is 1. The van der Waals surface area contributed by atoms with Gasteiger partial charge in [-0.3, -0.25) is 4.79 Å². The van der Waals surface area contributed by atoms with Crippen LogP contribution in [0.5, 0.6) is 5.75 Å². The van der Waals surface area contributed by atoms with Gasteiger partial charge >= 0.3 is 0 Å². The third-order valence-electron chi connectivity index (χ3n) is 3.54. The van der Waals surface area contributed by atoms with Crippen LogP contribution in [0.4, 0.5) is 5.95 Å². The van der Waals surface area contributed by atoms with Crippen LogP contribution >= 0.6 is 0 Å². The molecule has 0 bridgehead atoms. The van der Waals surface area contributed by atoms with Crippen LogP contribution in [-0.4, -0.2) is 34.9 Å². The van der Waals surface area contributed by atoms with Crippen molar-refractivity contribution in [3.05, 3.63) is 46.8 Å². The van der Waals surface area contributed by atoms with Gasteiger partial charge in [-0.15, -0.1) is 0 Å². The molecule has 6 heteroatoms. The molecule has 2 rings (SSSR count). The molecule has 0 radical (unpaired) electrons. The van der Waals surface area contributed by atoms with E-state index < -0.39 is 6.10 Å². The van der Waals surface area contributed by atoms with Crippen molar-refractivity contribution in [1.29, 1.82) is 0 Å². The molecule has 0 fully saturated rings. The number of carbonyl (C=O) groups is 1. The van der Waals surface area contributed by atoms with Gasteiger partial charge in [0.15, 0.2) is 0 Å². The van der Waals surface area contributed by atoms with E-state index in [1.165, 1.54) is 4.90 Å². The van der Waals surface area contributed by atoms with Crippen molar-refractivity contribution in [3.8, 4) is 5.75 Å². The number of benzene rings is 1. The first kappa shape index (κ1) is 16.7. The number of hydrogen-bond donors (Lipinski definition) is 1. The molecule has 1 amide bonds. The lowest BCUT2D eigenvalue weighted by Crippen LogP contribution is -2.27. The average Bonchev–Trinajstić information content (AvgIpc) is 2.48. The minimum absolute atomic E-state index is 0.132. The van der Waals surface area contributed by atoms with E-state index in [1.54, 1.807) is 21.0 Å². The molecule has 23 heavy (non-hydrogen) atoms. The monoisotopic (exact) mass is 314 g/mol. The SMILES string of the molecule is Cc1ccccc1OC(C)c1nc(N)nc(C)c1C(=O)N(C)C. The maximum atomic E-state index is 12.5. The van der Waals surface area contributed by atoms with Crippen molar-refractivity contribution in [3.63, 3.8) is 0 Å². The van der Waals surface area contributed by atoms with Crippen molar-refractivity contribution in [2.45, 2.75) is 26.9 Å². The van der Waals surface area contributed by atoms with Crippen molar-refractivity contribution in [2.75, 3.05) is 19.8 Å². The molecule has 1 aromatic carbocycles. The molecule has 1 atom stereocenters. The zero-order valence-electron chi connectivity index (χ0n) is 14.1. The Morgan fingerprint density at radius 1 is 1.22 bits per heavy atom. The fourth-order valence-electron chi connectivity index (χ4n) is 2.33. The van der Waals surface area contributed by atoms with Gasteiger partial charge in [0.2, 0.25) is 5.95 Å². The summed E-state index contributed by atoms with van der Waals surface area (Å²) in [5, 5.41) is 0. The minimum Gasteiger partial charge on any atom is -0.484 e. The maximum Gasteiger partial charge on any atom is 0.257 e. The van der Waals surface area contributed by atoms with E-state index in [0.29, 0.717) is 17.0 Å². The number of nitrogens with two attached hydrogens (primary N) is 1. The molecule has 0 aliphatic heterocycles. The Kier molecular flexibility index (Phi) is 4.83. The number of aryl methyl sites for hydroxylation is 2. The molecule has 0 saturated carbocycles. The zero-order valence-corrected chi connectivity index (χ0v) is 14.1. The van der Waals surface area contributed by atoms with Gasteiger partial charge in [-0.1, -0.05) is 18.2 Å². The maximum absolute atomic E-state index is 12.5. The molecule has 1 aromatic heterocycles. The highest BCUT2D eigenvalue weighted by Crippen LogP contribution is 2.27. The Morgan fingerprint density at radius 2 is 1.87 bits per heavy atom. The van der Waals surface area contributed by atoms with Crippen LogP contribution in [0, 0.1) is 13.8 Å². The number of rotatable bonds is 4. The Morgan fingerprint density at radius 3 is 2.48 bits per heavy atom. The van der Waals surface area contributed by atoms with Crippen molar-refractivity contribution in [2.24, 2.45) is 0 Å². The van der Waals surface area contributed by atoms with Crippen molar-refractivity contribution in [1.82, 2.24) is 14.9 Å². The average molecular weight is 314 g/mol. The molecule has 2 aromatic rings. The van der Waals surface area contributed by atoms with Gasteiger partial charge in [-0.2, -0.15) is 0 Å². The highest BCUT2D eigenvalue weighted by Gasteiger charge is 2.24. The smallest absolute Gasteiger partial charge is 0.257 e. The number of anilines is 1. The summed E-state index contributed by atoms with van der Waals surface area (Å²) in [5.41, 5.74) is 8.26. The number of ether oxygens (including phenoxy) is 1. The lowest BCUT2D eigenvalue weighted by atomic mass is 10.1. The number of nitrogens with zero attached hydrogens (tertiary/aromatic N) is 3. The first-order valence-electron chi connectivity index (χ1n) is 7.39. The number of hydrogen-bond acceptors (Lipinski definition) is 5. The van der Waals surface area contributed by atoms with Gasteiger partial charge in [0.25, 0.3) is 5.91 Å². The van der Waals surface area contributed by atoms with Crippen molar-refractivity contribution >= 4 is 11.9 Å². The predicted octanol–water partition coefficient (Wildman–Crippen LogP) is 2.52. The van der Waals surface area contributed by atoms with Crippen LogP contribution in [0.1, 0.15) is 40.3 Å². The first-order valence-corrected chi connectivity index (χ1v) is 7.39. The highest BCUT2D eigenvalue weighted by molar-refractivity contribution is 5.96. The molecule has 6 nitrogen and oxygen atoms in total. The predicted molar refractivity (Wildman–Crippen MR) is 89.4 cm³/mol. The van der Waals surface area contributed by atoms with Crippen LogP contribution in [0.2, 0.25) is 0 Å². The summed E-state index contributed by atoms with van der Waals surface area (Å²) in [6, 6.07) is 7.70. The van der Waals surface area contributed by atoms with E-state index in [1.807, 2.05) is 38.1 Å². The van der Waals surface area contributed by atoms with E-state index in [2.05, 4.69) is 9.97 Å². The minimum atomic E-state index is -0.431. The number of para-hydroxylation sites is 1.